The maximum absolute atomic E-state index is 11.9. The van der Waals surface area contributed by atoms with E-state index >= 15 is 0 Å². The average Bonchev–Trinajstić information content (AvgIpc) is 2.86. The van der Waals surface area contributed by atoms with E-state index in [2.05, 4.69) is 15.7 Å². The Bertz CT molecular complexity index is 707. The lowest BCUT2D eigenvalue weighted by atomic mass is 10.1. The summed E-state index contributed by atoms with van der Waals surface area (Å²) in [7, 11) is 0. The molecule has 0 aliphatic carbocycles. The van der Waals surface area contributed by atoms with Crippen molar-refractivity contribution in [3.8, 4) is 5.69 Å². The van der Waals surface area contributed by atoms with Crippen LogP contribution in [0.2, 0.25) is 0 Å². The first-order valence-corrected chi connectivity index (χ1v) is 8.16. The highest BCUT2D eigenvalue weighted by atomic mass is 16.2. The van der Waals surface area contributed by atoms with E-state index in [9.17, 15) is 9.59 Å². The zero-order valence-electron chi connectivity index (χ0n) is 14.4. The second-order valence-corrected chi connectivity index (χ2v) is 5.63. The van der Waals surface area contributed by atoms with Crippen molar-refractivity contribution in [3.63, 3.8) is 0 Å². The van der Waals surface area contributed by atoms with Crippen molar-refractivity contribution >= 4 is 11.8 Å². The molecule has 128 valence electrons. The molecule has 2 amide bonds. The van der Waals surface area contributed by atoms with Gasteiger partial charge in [0.15, 0.2) is 0 Å². The van der Waals surface area contributed by atoms with Crippen molar-refractivity contribution in [1.29, 1.82) is 0 Å². The molecule has 0 bridgehead atoms. The van der Waals surface area contributed by atoms with Crippen molar-refractivity contribution in [2.45, 2.75) is 33.6 Å². The molecule has 1 heterocycles. The zero-order chi connectivity index (χ0) is 17.5. The number of likely N-dealkylation sites (N-methyl/N-ethyl adjacent to an activating group) is 1. The predicted molar refractivity (Wildman–Crippen MR) is 93.1 cm³/mol. The summed E-state index contributed by atoms with van der Waals surface area (Å²) >= 11 is 0. The first-order valence-electron chi connectivity index (χ1n) is 8.16. The summed E-state index contributed by atoms with van der Waals surface area (Å²) in [6, 6.07) is 9.92. The standard InChI is InChI=1S/C18H24N4O2/c1-4-19-18(24)12-20-17(23)11-10-16-13(2)21-22(14(16)3)15-8-6-5-7-9-15/h5-9H,4,10-12H2,1-3H3,(H,19,24)(H,20,23). The summed E-state index contributed by atoms with van der Waals surface area (Å²) in [5.74, 6) is -0.303. The van der Waals surface area contributed by atoms with Crippen LogP contribution in [0.1, 0.15) is 30.3 Å². The van der Waals surface area contributed by atoms with Gasteiger partial charge in [-0.05, 0) is 44.9 Å². The molecule has 0 fully saturated rings. The number of nitrogens with one attached hydrogen (secondary N) is 2. The fraction of sp³-hybridized carbons (Fsp3) is 0.389. The van der Waals surface area contributed by atoms with E-state index in [1.54, 1.807) is 0 Å². The summed E-state index contributed by atoms with van der Waals surface area (Å²) in [4.78, 5) is 23.3. The van der Waals surface area contributed by atoms with Crippen LogP contribution >= 0.6 is 0 Å². The number of aromatic nitrogens is 2. The third-order valence-electron chi connectivity index (χ3n) is 3.86. The Morgan fingerprint density at radius 3 is 2.46 bits per heavy atom. The molecule has 0 aliphatic rings. The molecule has 6 heteroatoms. The second kappa shape index (κ2) is 8.29. The molecule has 2 N–H and O–H groups in total. The molecule has 1 aromatic carbocycles. The van der Waals surface area contributed by atoms with Crippen LogP contribution in [0.4, 0.5) is 0 Å². The van der Waals surface area contributed by atoms with E-state index in [1.807, 2.05) is 55.8 Å². The number of para-hydroxylation sites is 1. The molecule has 0 saturated heterocycles. The normalized spacial score (nSPS) is 10.5. The van der Waals surface area contributed by atoms with E-state index in [-0.39, 0.29) is 18.4 Å². The minimum atomic E-state index is -0.171. The molecule has 0 unspecified atom stereocenters. The third-order valence-corrected chi connectivity index (χ3v) is 3.86. The van der Waals surface area contributed by atoms with Gasteiger partial charge in [-0.25, -0.2) is 4.68 Å². The van der Waals surface area contributed by atoms with Crippen LogP contribution in [0.25, 0.3) is 5.69 Å². The molecule has 0 aliphatic heterocycles. The molecule has 0 saturated carbocycles. The maximum atomic E-state index is 11.9. The lowest BCUT2D eigenvalue weighted by molar-refractivity contribution is -0.126. The maximum Gasteiger partial charge on any atom is 0.239 e. The van der Waals surface area contributed by atoms with Gasteiger partial charge in [0.05, 0.1) is 17.9 Å². The fourth-order valence-corrected chi connectivity index (χ4v) is 2.62. The monoisotopic (exact) mass is 328 g/mol. The van der Waals surface area contributed by atoms with E-state index in [0.717, 1.165) is 22.6 Å². The van der Waals surface area contributed by atoms with Gasteiger partial charge >= 0.3 is 0 Å². The molecule has 0 radical (unpaired) electrons. The topological polar surface area (TPSA) is 76.0 Å². The number of benzene rings is 1. The lowest BCUT2D eigenvalue weighted by Gasteiger charge is -2.07. The number of rotatable bonds is 7. The second-order valence-electron chi connectivity index (χ2n) is 5.63. The third kappa shape index (κ3) is 4.44. The van der Waals surface area contributed by atoms with Crippen LogP contribution < -0.4 is 10.6 Å². The smallest absolute Gasteiger partial charge is 0.239 e. The Balaban J connectivity index is 1.97. The molecule has 6 nitrogen and oxygen atoms in total. The number of carbonyl (C=O) groups excluding carboxylic acids is 2. The first-order chi connectivity index (χ1) is 11.5. The van der Waals surface area contributed by atoms with Crippen LogP contribution in [-0.2, 0) is 16.0 Å². The highest BCUT2D eigenvalue weighted by molar-refractivity contribution is 5.84. The van der Waals surface area contributed by atoms with Gasteiger partial charge in [-0.1, -0.05) is 18.2 Å². The van der Waals surface area contributed by atoms with Crippen LogP contribution in [0.5, 0.6) is 0 Å². The lowest BCUT2D eigenvalue weighted by Crippen LogP contribution is -2.36. The quantitative estimate of drug-likeness (QED) is 0.812. The minimum absolute atomic E-state index is 0.0217. The summed E-state index contributed by atoms with van der Waals surface area (Å²) in [6.45, 7) is 6.39. The van der Waals surface area contributed by atoms with Crippen molar-refractivity contribution in [2.24, 2.45) is 0 Å². The minimum Gasteiger partial charge on any atom is -0.355 e. The van der Waals surface area contributed by atoms with Gasteiger partial charge in [0.1, 0.15) is 0 Å². The van der Waals surface area contributed by atoms with E-state index in [1.165, 1.54) is 0 Å². The molecule has 2 aromatic rings. The van der Waals surface area contributed by atoms with Gasteiger partial charge in [0, 0.05) is 18.7 Å². The average molecular weight is 328 g/mol. The molecular formula is C18H24N4O2. The SMILES string of the molecule is CCNC(=O)CNC(=O)CCc1c(C)nn(-c2ccccc2)c1C. The molecule has 24 heavy (non-hydrogen) atoms. The highest BCUT2D eigenvalue weighted by Crippen LogP contribution is 2.19. The Labute approximate surface area is 142 Å². The molecule has 2 rings (SSSR count). The first kappa shape index (κ1) is 17.7. The summed E-state index contributed by atoms with van der Waals surface area (Å²) in [5, 5.41) is 9.86. The van der Waals surface area contributed by atoms with Crippen LogP contribution in [0.3, 0.4) is 0 Å². The Hall–Kier alpha value is -2.63. The van der Waals surface area contributed by atoms with Gasteiger partial charge in [-0.3, -0.25) is 9.59 Å². The van der Waals surface area contributed by atoms with Crippen molar-refractivity contribution in [1.82, 2.24) is 20.4 Å². The fourth-order valence-electron chi connectivity index (χ4n) is 2.62. The van der Waals surface area contributed by atoms with Gasteiger partial charge in [0.25, 0.3) is 0 Å². The molecule has 0 atom stereocenters. The van der Waals surface area contributed by atoms with Crippen LogP contribution in [0.15, 0.2) is 30.3 Å². The van der Waals surface area contributed by atoms with Crippen molar-refractivity contribution < 1.29 is 9.59 Å². The van der Waals surface area contributed by atoms with E-state index in [0.29, 0.717) is 19.4 Å². The molecular weight excluding hydrogens is 304 g/mol. The number of amides is 2. The van der Waals surface area contributed by atoms with Crippen LogP contribution in [-0.4, -0.2) is 34.7 Å². The van der Waals surface area contributed by atoms with Gasteiger partial charge in [-0.2, -0.15) is 5.10 Å². The van der Waals surface area contributed by atoms with Gasteiger partial charge in [0.2, 0.25) is 11.8 Å². The number of hydrogen-bond acceptors (Lipinski definition) is 3. The van der Waals surface area contributed by atoms with E-state index in [4.69, 9.17) is 0 Å². The summed E-state index contributed by atoms with van der Waals surface area (Å²) in [6.07, 6.45) is 0.938. The Morgan fingerprint density at radius 1 is 1.08 bits per heavy atom. The van der Waals surface area contributed by atoms with Crippen molar-refractivity contribution in [2.75, 3.05) is 13.1 Å². The molecule has 1 aromatic heterocycles. The van der Waals surface area contributed by atoms with Gasteiger partial charge in [-0.15, -0.1) is 0 Å². The Kier molecular flexibility index (Phi) is 6.12. The number of aryl methyl sites for hydroxylation is 1. The van der Waals surface area contributed by atoms with Crippen molar-refractivity contribution in [3.05, 3.63) is 47.3 Å². The predicted octanol–water partition coefficient (Wildman–Crippen LogP) is 1.67. The van der Waals surface area contributed by atoms with E-state index < -0.39 is 0 Å². The Morgan fingerprint density at radius 2 is 1.79 bits per heavy atom. The summed E-state index contributed by atoms with van der Waals surface area (Å²) < 4.78 is 1.90. The largest absolute Gasteiger partial charge is 0.355 e. The summed E-state index contributed by atoms with van der Waals surface area (Å²) in [5.41, 5.74) is 4.04. The zero-order valence-corrected chi connectivity index (χ0v) is 14.4. The highest BCUT2D eigenvalue weighted by Gasteiger charge is 2.14. The molecule has 0 spiro atoms. The number of hydrogen-bond donors (Lipinski definition) is 2. The number of nitrogens with zero attached hydrogens (tertiary/aromatic N) is 2. The number of carbonyl (C=O) groups is 2. The van der Waals surface area contributed by atoms with Gasteiger partial charge < -0.3 is 10.6 Å². The van der Waals surface area contributed by atoms with Crippen LogP contribution in [0, 0.1) is 13.8 Å².